The van der Waals surface area contributed by atoms with Crippen molar-refractivity contribution < 1.29 is 78.8 Å². The van der Waals surface area contributed by atoms with Gasteiger partial charge in [0.1, 0.15) is 60.0 Å². The molecule has 0 unspecified atom stereocenters. The topological polar surface area (TPSA) is 300 Å². The molecule has 18 heteroatoms. The summed E-state index contributed by atoms with van der Waals surface area (Å²) in [6.07, 6.45) is -14.5. The van der Waals surface area contributed by atoms with E-state index in [2.05, 4.69) is 0 Å². The Morgan fingerprint density at radius 3 is 1.27 bits per heavy atom. The Morgan fingerprint density at radius 2 is 0.917 bits per heavy atom. The smallest absolute Gasteiger partial charge is 0.336 e. The van der Waals surface area contributed by atoms with E-state index in [9.17, 15) is 50.4 Å². The zero-order valence-corrected chi connectivity index (χ0v) is 24.5. The number of rotatable bonds is 6. The number of aliphatic hydroxyl groups is 8. The highest BCUT2D eigenvalue weighted by atomic mass is 16.7. The van der Waals surface area contributed by atoms with Crippen LogP contribution in [0.25, 0.3) is 21.9 Å². The van der Waals surface area contributed by atoms with Crippen LogP contribution in [0.5, 0.6) is 23.0 Å². The first-order valence-electron chi connectivity index (χ1n) is 14.3. The Labute approximate surface area is 268 Å². The summed E-state index contributed by atoms with van der Waals surface area (Å²) < 4.78 is 31.0. The number of hydrogen-bond donors (Lipinski definition) is 10. The molecule has 2 saturated heterocycles. The van der Waals surface area contributed by atoms with Gasteiger partial charge in [-0.3, -0.25) is 0 Å². The van der Waals surface area contributed by atoms with Gasteiger partial charge >= 0.3 is 11.3 Å². The predicted octanol–water partition coefficient (Wildman–Crippen LogP) is -2.65. The lowest BCUT2D eigenvalue weighted by atomic mass is 9.99. The molecule has 0 radical (unpaired) electrons. The first-order chi connectivity index (χ1) is 22.8. The van der Waals surface area contributed by atoms with Crippen LogP contribution in [-0.2, 0) is 9.47 Å². The van der Waals surface area contributed by atoms with E-state index in [0.29, 0.717) is 10.8 Å². The van der Waals surface area contributed by atoms with Gasteiger partial charge in [0.05, 0.1) is 13.2 Å². The molecule has 2 aromatic heterocycles. The van der Waals surface area contributed by atoms with E-state index in [-0.39, 0.29) is 34.2 Å². The first-order valence-corrected chi connectivity index (χ1v) is 14.3. The van der Waals surface area contributed by atoms with Crippen LogP contribution in [0.3, 0.4) is 0 Å². The normalized spacial score (nSPS) is 30.4. The summed E-state index contributed by atoms with van der Waals surface area (Å²) in [5.41, 5.74) is -0.878. The highest BCUT2D eigenvalue weighted by Crippen LogP contribution is 2.35. The molecule has 0 saturated carbocycles. The van der Waals surface area contributed by atoms with Gasteiger partial charge in [-0.2, -0.15) is 0 Å². The van der Waals surface area contributed by atoms with Gasteiger partial charge in [-0.1, -0.05) is 0 Å². The minimum atomic E-state index is -1.60. The molecule has 10 atom stereocenters. The fourth-order valence-electron chi connectivity index (χ4n) is 4.94. The molecule has 0 aliphatic carbocycles. The van der Waals surface area contributed by atoms with Crippen LogP contribution in [0.1, 0.15) is 0 Å². The van der Waals surface area contributed by atoms with Crippen molar-refractivity contribution in [3.05, 3.63) is 69.4 Å². The highest BCUT2D eigenvalue weighted by Gasteiger charge is 2.46. The summed E-state index contributed by atoms with van der Waals surface area (Å²) in [5, 5.41) is 97.9. The van der Waals surface area contributed by atoms with E-state index in [1.54, 1.807) is 0 Å². The predicted molar refractivity (Wildman–Crippen MR) is 157 cm³/mol. The van der Waals surface area contributed by atoms with E-state index in [1.807, 2.05) is 0 Å². The Kier molecular flexibility index (Phi) is 10.5. The minimum absolute atomic E-state index is 0.0966. The van der Waals surface area contributed by atoms with Gasteiger partial charge in [-0.15, -0.1) is 0 Å². The molecule has 0 bridgehead atoms. The lowest BCUT2D eigenvalue weighted by Gasteiger charge is -2.39. The molecule has 4 heterocycles. The van der Waals surface area contributed by atoms with E-state index in [0.717, 1.165) is 12.1 Å². The van der Waals surface area contributed by atoms with Crippen LogP contribution in [0.2, 0.25) is 0 Å². The Morgan fingerprint density at radius 1 is 0.542 bits per heavy atom. The lowest BCUT2D eigenvalue weighted by Crippen LogP contribution is -2.60. The van der Waals surface area contributed by atoms with Gasteiger partial charge < -0.3 is 78.8 Å². The van der Waals surface area contributed by atoms with Gasteiger partial charge in [-0.05, 0) is 24.3 Å². The summed E-state index contributed by atoms with van der Waals surface area (Å²) >= 11 is 0. The monoisotopic (exact) mass is 680 g/mol. The number of phenolic OH excluding ortho intramolecular Hbond substituents is 2. The summed E-state index contributed by atoms with van der Waals surface area (Å²) in [5.74, 6) is -0.955. The molecule has 260 valence electrons. The third kappa shape index (κ3) is 7.22. The lowest BCUT2D eigenvalue weighted by molar-refractivity contribution is -0.277. The summed E-state index contributed by atoms with van der Waals surface area (Å²) in [6, 6.07) is 10.3. The number of phenols is 2. The third-order valence-electron chi connectivity index (χ3n) is 7.58. The number of ether oxygens (including phenoxy) is 4. The van der Waals surface area contributed by atoms with Gasteiger partial charge in [0.15, 0.2) is 23.0 Å². The molecule has 6 rings (SSSR count). The van der Waals surface area contributed by atoms with E-state index in [1.165, 1.54) is 36.4 Å². The molecule has 2 aromatic carbocycles. The van der Waals surface area contributed by atoms with Gasteiger partial charge in [0.2, 0.25) is 12.6 Å². The van der Waals surface area contributed by atoms with Crippen molar-refractivity contribution in [3.63, 3.8) is 0 Å². The van der Waals surface area contributed by atoms with Crippen molar-refractivity contribution in [1.82, 2.24) is 0 Å². The second kappa shape index (κ2) is 14.4. The number of benzene rings is 2. The molecule has 2 aliphatic heterocycles. The molecule has 4 aromatic rings. The van der Waals surface area contributed by atoms with E-state index in [4.69, 9.17) is 38.0 Å². The fourth-order valence-corrected chi connectivity index (χ4v) is 4.94. The zero-order valence-electron chi connectivity index (χ0n) is 24.5. The average Bonchev–Trinajstić information content (AvgIpc) is 3.06. The van der Waals surface area contributed by atoms with Crippen molar-refractivity contribution in [1.29, 1.82) is 0 Å². The van der Waals surface area contributed by atoms with Crippen LogP contribution in [0.4, 0.5) is 0 Å². The van der Waals surface area contributed by atoms with Gasteiger partial charge in [0, 0.05) is 35.0 Å². The number of fused-ring (bicyclic) bond motifs is 2. The van der Waals surface area contributed by atoms with Crippen LogP contribution >= 0.6 is 0 Å². The summed E-state index contributed by atoms with van der Waals surface area (Å²) in [6.45, 7) is -1.20. The number of aliphatic hydroxyl groups excluding tert-OH is 8. The Balaban J connectivity index is 0.000000188. The largest absolute Gasteiger partial charge is 0.504 e. The van der Waals surface area contributed by atoms with Gasteiger partial charge in [-0.25, -0.2) is 9.59 Å². The van der Waals surface area contributed by atoms with E-state index >= 15 is 0 Å². The number of hydrogen-bond acceptors (Lipinski definition) is 18. The molecule has 2 aliphatic rings. The molecular weight excluding hydrogens is 648 g/mol. The third-order valence-corrected chi connectivity index (χ3v) is 7.58. The van der Waals surface area contributed by atoms with Crippen molar-refractivity contribution >= 4 is 21.9 Å². The minimum Gasteiger partial charge on any atom is -0.504 e. The maximum absolute atomic E-state index is 11.2. The quantitative estimate of drug-likeness (QED) is 0.0930. The molecule has 48 heavy (non-hydrogen) atoms. The zero-order chi connectivity index (χ0) is 34.9. The molecular formula is C30H32O18. The summed E-state index contributed by atoms with van der Waals surface area (Å²) in [7, 11) is 0. The molecule has 0 spiro atoms. The molecule has 0 amide bonds. The second-order valence-electron chi connectivity index (χ2n) is 10.9. The molecule has 2 fully saturated rings. The highest BCUT2D eigenvalue weighted by molar-refractivity contribution is 5.81. The molecule has 10 N–H and O–H groups in total. The van der Waals surface area contributed by atoms with Crippen molar-refractivity contribution in [2.75, 3.05) is 13.2 Å². The Bertz CT molecular complexity index is 1700. The van der Waals surface area contributed by atoms with Crippen LogP contribution in [0, 0.1) is 0 Å². The summed E-state index contributed by atoms with van der Waals surface area (Å²) in [4.78, 5) is 22.3. The SMILES string of the molecule is O=c1ccc2cc(O[C@@H]3O[C@H](CO)[C@@H](O)[C@H](O)[C@H]3O)c(O)cc2o1.O=c1ccc2cc(O[C@@H]3O[C@H](CO)[C@@H](O)[C@H](O)[C@H]3O)c(O)cc2o1. The first kappa shape index (κ1) is 35.0. The van der Waals surface area contributed by atoms with Crippen molar-refractivity contribution in [3.8, 4) is 23.0 Å². The van der Waals surface area contributed by atoms with Crippen molar-refractivity contribution in [2.45, 2.75) is 61.4 Å². The van der Waals surface area contributed by atoms with Crippen LogP contribution in [0.15, 0.2) is 67.0 Å². The number of aromatic hydroxyl groups is 2. The maximum Gasteiger partial charge on any atom is 0.336 e. The second-order valence-corrected chi connectivity index (χ2v) is 10.9. The standard InChI is InChI=1S/2C15H16O9/c2*16-5-10-12(19)13(20)14(21)15(24-10)23-9-3-6-1-2-11(18)22-8(6)4-7(9)17/h2*1-4,10,12-17,19-21H,5H2/t2*10-,12-,13+,14-,15-/m11/s1. The van der Waals surface area contributed by atoms with E-state index < -0.39 is 85.9 Å². The van der Waals surface area contributed by atoms with Crippen molar-refractivity contribution in [2.24, 2.45) is 0 Å². The Hall–Kier alpha value is -4.34. The fraction of sp³-hybridized carbons (Fsp3) is 0.400. The average molecular weight is 681 g/mol. The van der Waals surface area contributed by atoms with Gasteiger partial charge in [0.25, 0.3) is 0 Å². The maximum atomic E-state index is 11.2. The molecule has 18 nitrogen and oxygen atoms in total. The van der Waals surface area contributed by atoms with Crippen LogP contribution in [-0.4, -0.2) is 126 Å². The van der Waals surface area contributed by atoms with Crippen LogP contribution < -0.4 is 20.7 Å².